The first-order chi connectivity index (χ1) is 17.9. The molecule has 3 aromatic carbocycles. The van der Waals surface area contributed by atoms with E-state index in [0.717, 1.165) is 53.3 Å². The second kappa shape index (κ2) is 12.4. The third-order valence-corrected chi connectivity index (χ3v) is 6.56. The zero-order chi connectivity index (χ0) is 26.2. The summed E-state index contributed by atoms with van der Waals surface area (Å²) in [6.07, 6.45) is 2.18. The zero-order valence-corrected chi connectivity index (χ0v) is 22.2. The number of para-hydroxylation sites is 2. The number of nitrogens with one attached hydrogen (secondary N) is 1. The molecule has 0 saturated heterocycles. The van der Waals surface area contributed by atoms with Gasteiger partial charge in [-0.15, -0.1) is 0 Å². The predicted molar refractivity (Wildman–Crippen MR) is 148 cm³/mol. The van der Waals surface area contributed by atoms with Gasteiger partial charge in [-0.1, -0.05) is 50.2 Å². The summed E-state index contributed by atoms with van der Waals surface area (Å²) >= 11 is 0. The highest BCUT2D eigenvalue weighted by Crippen LogP contribution is 2.23. The average molecular weight is 500 g/mol. The molecule has 4 rings (SSSR count). The van der Waals surface area contributed by atoms with Crippen molar-refractivity contribution in [3.63, 3.8) is 0 Å². The van der Waals surface area contributed by atoms with Gasteiger partial charge >= 0.3 is 0 Å². The maximum atomic E-state index is 12.8. The number of rotatable bonds is 12. The van der Waals surface area contributed by atoms with Crippen LogP contribution in [0.5, 0.6) is 11.5 Å². The number of ether oxygens (including phenoxy) is 2. The van der Waals surface area contributed by atoms with Crippen LogP contribution in [0.2, 0.25) is 0 Å². The Morgan fingerprint density at radius 2 is 1.62 bits per heavy atom. The Kier molecular flexibility index (Phi) is 8.83. The lowest BCUT2D eigenvalue weighted by atomic mass is 10.0. The number of amides is 1. The number of carbonyl (C=O) groups is 1. The van der Waals surface area contributed by atoms with Gasteiger partial charge < -0.3 is 19.4 Å². The fraction of sp³-hybridized carbons (Fsp3) is 0.355. The van der Waals surface area contributed by atoms with Crippen LogP contribution in [0.15, 0.2) is 72.8 Å². The second-order valence-electron chi connectivity index (χ2n) is 9.70. The Hall–Kier alpha value is -3.80. The lowest BCUT2D eigenvalue weighted by molar-refractivity contribution is -0.121. The molecule has 0 saturated carbocycles. The van der Waals surface area contributed by atoms with Crippen molar-refractivity contribution in [2.75, 3.05) is 13.7 Å². The quantitative estimate of drug-likeness (QED) is 0.228. The van der Waals surface area contributed by atoms with Crippen LogP contribution < -0.4 is 14.8 Å². The summed E-state index contributed by atoms with van der Waals surface area (Å²) in [7, 11) is 1.63. The van der Waals surface area contributed by atoms with Gasteiger partial charge in [0.2, 0.25) is 5.91 Å². The van der Waals surface area contributed by atoms with Crippen molar-refractivity contribution in [2.45, 2.75) is 58.5 Å². The monoisotopic (exact) mass is 499 g/mol. The summed E-state index contributed by atoms with van der Waals surface area (Å²) in [6.45, 7) is 7.85. The Balaban J connectivity index is 1.35. The fourth-order valence-corrected chi connectivity index (χ4v) is 4.46. The Morgan fingerprint density at radius 1 is 0.919 bits per heavy atom. The largest absolute Gasteiger partial charge is 0.497 e. The Morgan fingerprint density at radius 3 is 2.32 bits per heavy atom. The summed E-state index contributed by atoms with van der Waals surface area (Å²) < 4.78 is 13.4. The maximum Gasteiger partial charge on any atom is 0.224 e. The number of carbonyl (C=O) groups excluding carboxylic acids is 1. The van der Waals surface area contributed by atoms with E-state index in [9.17, 15) is 4.79 Å². The van der Waals surface area contributed by atoms with E-state index in [0.29, 0.717) is 18.9 Å². The number of nitrogens with zero attached hydrogens (tertiary/aromatic N) is 2. The molecule has 194 valence electrons. The molecule has 0 aliphatic heterocycles. The number of hydrogen-bond acceptors (Lipinski definition) is 4. The van der Waals surface area contributed by atoms with Crippen LogP contribution in [-0.2, 0) is 17.8 Å². The van der Waals surface area contributed by atoms with Crippen molar-refractivity contribution < 1.29 is 14.3 Å². The Bertz CT molecular complexity index is 1290. The van der Waals surface area contributed by atoms with Crippen molar-refractivity contribution in [3.8, 4) is 11.5 Å². The number of aromatic nitrogens is 2. The minimum Gasteiger partial charge on any atom is -0.497 e. The van der Waals surface area contributed by atoms with Crippen molar-refractivity contribution in [1.29, 1.82) is 0 Å². The average Bonchev–Trinajstić information content (AvgIpc) is 3.28. The molecule has 0 aliphatic rings. The molecular weight excluding hydrogens is 462 g/mol. The maximum absolute atomic E-state index is 12.8. The number of methoxy groups -OCH3 is 1. The highest BCUT2D eigenvalue weighted by Gasteiger charge is 2.18. The van der Waals surface area contributed by atoms with Crippen molar-refractivity contribution >= 4 is 16.9 Å². The van der Waals surface area contributed by atoms with E-state index in [2.05, 4.69) is 41.9 Å². The van der Waals surface area contributed by atoms with Crippen molar-refractivity contribution in [1.82, 2.24) is 14.9 Å². The standard InChI is InChI=1S/C31H37N3O3/c1-22(2)25-13-17-27(18-14-25)37-20-8-7-19-34-29-10-6-5-9-28(29)33-31(34)23(3)32-30(35)21-24-11-15-26(36-4)16-12-24/h5-6,9-18,22-23H,7-8,19-21H2,1-4H3,(H,32,35). The number of unbranched alkanes of at least 4 members (excludes halogenated alkanes) is 1. The summed E-state index contributed by atoms with van der Waals surface area (Å²) in [6, 6.07) is 23.9. The van der Waals surface area contributed by atoms with Gasteiger partial charge in [-0.25, -0.2) is 4.98 Å². The van der Waals surface area contributed by atoms with Gasteiger partial charge in [0.1, 0.15) is 17.3 Å². The Labute approximate surface area is 219 Å². The van der Waals surface area contributed by atoms with Gasteiger partial charge in [0.05, 0.1) is 37.2 Å². The van der Waals surface area contributed by atoms with Gasteiger partial charge in [0.15, 0.2) is 0 Å². The molecule has 4 aromatic rings. The molecule has 1 amide bonds. The number of aryl methyl sites for hydroxylation is 1. The summed E-state index contributed by atoms with van der Waals surface area (Å²) in [5.74, 6) is 3.04. The molecule has 6 nitrogen and oxygen atoms in total. The normalized spacial score (nSPS) is 12.0. The number of imidazole rings is 1. The molecule has 1 heterocycles. The highest BCUT2D eigenvalue weighted by molar-refractivity contribution is 5.79. The van der Waals surface area contributed by atoms with Crippen LogP contribution in [-0.4, -0.2) is 29.2 Å². The van der Waals surface area contributed by atoms with Crippen LogP contribution in [0.3, 0.4) is 0 Å². The van der Waals surface area contributed by atoms with E-state index in [-0.39, 0.29) is 11.9 Å². The molecule has 0 radical (unpaired) electrons. The van der Waals surface area contributed by atoms with Crippen molar-refractivity contribution in [3.05, 3.63) is 89.7 Å². The van der Waals surface area contributed by atoms with Gasteiger partial charge in [0, 0.05) is 6.54 Å². The molecule has 6 heteroatoms. The minimum atomic E-state index is -0.214. The SMILES string of the molecule is COc1ccc(CC(=O)NC(C)c2nc3ccccc3n2CCCCOc2ccc(C(C)C)cc2)cc1. The smallest absolute Gasteiger partial charge is 0.224 e. The second-order valence-corrected chi connectivity index (χ2v) is 9.70. The lowest BCUT2D eigenvalue weighted by Crippen LogP contribution is -2.30. The first kappa shape index (κ1) is 26.3. The van der Waals surface area contributed by atoms with E-state index in [1.165, 1.54) is 5.56 Å². The van der Waals surface area contributed by atoms with Gasteiger partial charge in [-0.05, 0) is 73.2 Å². The van der Waals surface area contributed by atoms with Crippen LogP contribution in [0.4, 0.5) is 0 Å². The van der Waals surface area contributed by atoms with Gasteiger partial charge in [-0.2, -0.15) is 0 Å². The van der Waals surface area contributed by atoms with Gasteiger partial charge in [-0.3, -0.25) is 4.79 Å². The fourth-order valence-electron chi connectivity index (χ4n) is 4.46. The van der Waals surface area contributed by atoms with E-state index in [1.807, 2.05) is 61.5 Å². The molecule has 0 aliphatic carbocycles. The first-order valence-corrected chi connectivity index (χ1v) is 13.0. The highest BCUT2D eigenvalue weighted by atomic mass is 16.5. The van der Waals surface area contributed by atoms with E-state index in [4.69, 9.17) is 14.5 Å². The zero-order valence-electron chi connectivity index (χ0n) is 22.2. The molecule has 37 heavy (non-hydrogen) atoms. The molecule has 0 bridgehead atoms. The van der Waals surface area contributed by atoms with Crippen LogP contribution in [0, 0.1) is 0 Å². The van der Waals surface area contributed by atoms with Crippen LogP contribution >= 0.6 is 0 Å². The summed E-state index contributed by atoms with van der Waals surface area (Å²) in [5, 5.41) is 3.13. The molecule has 1 atom stereocenters. The summed E-state index contributed by atoms with van der Waals surface area (Å²) in [5.41, 5.74) is 4.28. The molecule has 0 fully saturated rings. The number of fused-ring (bicyclic) bond motifs is 1. The van der Waals surface area contributed by atoms with E-state index in [1.54, 1.807) is 7.11 Å². The predicted octanol–water partition coefficient (Wildman–Crippen LogP) is 6.45. The lowest BCUT2D eigenvalue weighted by Gasteiger charge is -2.17. The van der Waals surface area contributed by atoms with Crippen molar-refractivity contribution in [2.24, 2.45) is 0 Å². The van der Waals surface area contributed by atoms with Gasteiger partial charge in [0.25, 0.3) is 0 Å². The molecule has 1 N–H and O–H groups in total. The summed E-state index contributed by atoms with van der Waals surface area (Å²) in [4.78, 5) is 17.6. The van der Waals surface area contributed by atoms with E-state index < -0.39 is 0 Å². The van der Waals surface area contributed by atoms with Crippen LogP contribution in [0.25, 0.3) is 11.0 Å². The number of hydrogen-bond donors (Lipinski definition) is 1. The minimum absolute atomic E-state index is 0.0341. The number of benzene rings is 3. The third kappa shape index (κ3) is 6.91. The first-order valence-electron chi connectivity index (χ1n) is 13.0. The topological polar surface area (TPSA) is 65.4 Å². The van der Waals surface area contributed by atoms with Crippen LogP contribution in [0.1, 0.15) is 62.5 Å². The molecule has 1 unspecified atom stereocenters. The molecule has 0 spiro atoms. The molecular formula is C31H37N3O3. The van der Waals surface area contributed by atoms with E-state index >= 15 is 0 Å². The molecule has 1 aromatic heterocycles. The third-order valence-electron chi connectivity index (χ3n) is 6.56.